The van der Waals surface area contributed by atoms with Gasteiger partial charge in [0.15, 0.2) is 6.04 Å². The molecule has 3 rings (SSSR count). The van der Waals surface area contributed by atoms with Crippen molar-refractivity contribution in [3.63, 3.8) is 0 Å². The van der Waals surface area contributed by atoms with Gasteiger partial charge in [-0.3, -0.25) is 4.90 Å². The lowest BCUT2D eigenvalue weighted by Crippen LogP contribution is -2.67. The normalized spacial score (nSPS) is 24.0. The molecule has 1 aromatic carbocycles. The van der Waals surface area contributed by atoms with E-state index in [2.05, 4.69) is 0 Å². The fraction of sp³-hybridized carbons (Fsp3) is 0.571. The van der Waals surface area contributed by atoms with Crippen LogP contribution >= 0.6 is 0 Å². The Kier molecular flexibility index (Phi) is 6.50. The molecule has 0 bridgehead atoms. The van der Waals surface area contributed by atoms with E-state index >= 15 is 0 Å². The van der Waals surface area contributed by atoms with E-state index in [0.29, 0.717) is 13.0 Å². The molecule has 0 radical (unpaired) electrons. The lowest BCUT2D eigenvalue weighted by molar-refractivity contribution is -0.164. The molecule has 9 heteroatoms. The van der Waals surface area contributed by atoms with E-state index in [-0.39, 0.29) is 25.9 Å². The highest BCUT2D eigenvalue weighted by Gasteiger charge is 2.48. The lowest BCUT2D eigenvalue weighted by atomic mass is 9.97. The van der Waals surface area contributed by atoms with Crippen molar-refractivity contribution in [2.24, 2.45) is 0 Å². The van der Waals surface area contributed by atoms with Gasteiger partial charge in [-0.05, 0) is 32.8 Å². The number of amides is 2. The summed E-state index contributed by atoms with van der Waals surface area (Å²) in [5, 5.41) is 9.60. The summed E-state index contributed by atoms with van der Waals surface area (Å²) >= 11 is 0. The number of hydrogen-bond acceptors (Lipinski definition) is 6. The van der Waals surface area contributed by atoms with Gasteiger partial charge in [-0.15, -0.1) is 0 Å². The number of hydrogen-bond donors (Lipinski definition) is 1. The summed E-state index contributed by atoms with van der Waals surface area (Å²) < 4.78 is 16.5. The van der Waals surface area contributed by atoms with Crippen molar-refractivity contribution in [1.29, 1.82) is 0 Å². The Hall–Kier alpha value is -2.81. The Morgan fingerprint density at radius 1 is 1.17 bits per heavy atom. The minimum atomic E-state index is -1.18. The SMILES string of the molecule is CC(C)(C)OC(=O)N1[C@@H](C(=O)O)CO[C@@H]2CCN(C(=O)OCc3ccccc3)C[C@@H]21. The average Bonchev–Trinajstić information content (AvgIpc) is 2.70. The summed E-state index contributed by atoms with van der Waals surface area (Å²) in [7, 11) is 0. The molecular formula is C21H28N2O7. The van der Waals surface area contributed by atoms with Crippen LogP contribution in [0.5, 0.6) is 0 Å². The number of carbonyl (C=O) groups excluding carboxylic acids is 2. The standard InChI is InChI=1S/C21H28N2O7/c1-21(2,3)30-20(27)23-15-11-22(10-9-17(15)28-13-16(23)18(24)25)19(26)29-12-14-7-5-4-6-8-14/h4-8,15-17H,9-13H2,1-3H3,(H,24,25)/t15-,16+,17+/m0/s1. The molecule has 2 aliphatic heterocycles. The first-order valence-electron chi connectivity index (χ1n) is 9.97. The van der Waals surface area contributed by atoms with Crippen LogP contribution in [0.3, 0.4) is 0 Å². The maximum absolute atomic E-state index is 12.8. The van der Waals surface area contributed by atoms with E-state index in [1.165, 1.54) is 9.80 Å². The molecule has 1 aromatic rings. The number of fused-ring (bicyclic) bond motifs is 1. The molecule has 0 spiro atoms. The third kappa shape index (κ3) is 5.21. The first-order chi connectivity index (χ1) is 14.2. The smallest absolute Gasteiger partial charge is 0.411 e. The predicted molar refractivity (Wildman–Crippen MR) is 106 cm³/mol. The van der Waals surface area contributed by atoms with Crippen molar-refractivity contribution in [3.05, 3.63) is 35.9 Å². The van der Waals surface area contributed by atoms with Crippen molar-refractivity contribution in [2.45, 2.75) is 57.6 Å². The molecule has 0 unspecified atom stereocenters. The molecule has 2 aliphatic rings. The van der Waals surface area contributed by atoms with Crippen molar-refractivity contribution in [2.75, 3.05) is 19.7 Å². The highest BCUT2D eigenvalue weighted by atomic mass is 16.6. The highest BCUT2D eigenvalue weighted by molar-refractivity contribution is 5.81. The molecule has 0 aromatic heterocycles. The third-order valence-electron chi connectivity index (χ3n) is 5.03. The number of nitrogens with zero attached hydrogens (tertiary/aromatic N) is 2. The van der Waals surface area contributed by atoms with Gasteiger partial charge >= 0.3 is 18.2 Å². The number of carbonyl (C=O) groups is 3. The number of carboxylic acids is 1. The van der Waals surface area contributed by atoms with Crippen LogP contribution in [0.1, 0.15) is 32.8 Å². The topological polar surface area (TPSA) is 106 Å². The fourth-order valence-corrected chi connectivity index (χ4v) is 3.64. The number of ether oxygens (including phenoxy) is 3. The minimum Gasteiger partial charge on any atom is -0.480 e. The summed E-state index contributed by atoms with van der Waals surface area (Å²) in [6, 6.07) is 7.50. The van der Waals surface area contributed by atoms with Crippen LogP contribution in [-0.4, -0.2) is 76.5 Å². The van der Waals surface area contributed by atoms with Crippen LogP contribution < -0.4 is 0 Å². The van der Waals surface area contributed by atoms with E-state index in [0.717, 1.165) is 5.56 Å². The minimum absolute atomic E-state index is 0.112. The fourth-order valence-electron chi connectivity index (χ4n) is 3.64. The van der Waals surface area contributed by atoms with Gasteiger partial charge in [-0.25, -0.2) is 14.4 Å². The van der Waals surface area contributed by atoms with Gasteiger partial charge in [0.25, 0.3) is 0 Å². The monoisotopic (exact) mass is 420 g/mol. The van der Waals surface area contributed by atoms with Crippen molar-refractivity contribution in [3.8, 4) is 0 Å². The zero-order valence-corrected chi connectivity index (χ0v) is 17.4. The summed E-state index contributed by atoms with van der Waals surface area (Å²) in [5.74, 6) is -1.18. The molecule has 2 amide bonds. The number of piperidine rings is 1. The number of aliphatic carboxylic acids is 1. The quantitative estimate of drug-likeness (QED) is 0.801. The molecule has 30 heavy (non-hydrogen) atoms. The number of benzene rings is 1. The van der Waals surface area contributed by atoms with Gasteiger partial charge in [0, 0.05) is 13.1 Å². The van der Waals surface area contributed by atoms with Crippen LogP contribution in [0.2, 0.25) is 0 Å². The molecule has 9 nitrogen and oxygen atoms in total. The van der Waals surface area contributed by atoms with Crippen LogP contribution in [0.15, 0.2) is 30.3 Å². The zero-order chi connectivity index (χ0) is 21.9. The molecular weight excluding hydrogens is 392 g/mol. The van der Waals surface area contributed by atoms with Gasteiger partial charge in [0.05, 0.1) is 18.8 Å². The Morgan fingerprint density at radius 2 is 1.87 bits per heavy atom. The molecule has 0 aliphatic carbocycles. The summed E-state index contributed by atoms with van der Waals surface area (Å²) in [5.41, 5.74) is 0.0831. The first-order valence-corrected chi connectivity index (χ1v) is 9.97. The van der Waals surface area contributed by atoms with Crippen LogP contribution in [0.4, 0.5) is 9.59 Å². The molecule has 2 fully saturated rings. The molecule has 164 valence electrons. The number of carboxylic acid groups (broad SMARTS) is 1. The van der Waals surface area contributed by atoms with Crippen LogP contribution in [0, 0.1) is 0 Å². The van der Waals surface area contributed by atoms with Crippen molar-refractivity contribution < 1.29 is 33.7 Å². The maximum atomic E-state index is 12.8. The molecule has 1 N–H and O–H groups in total. The van der Waals surface area contributed by atoms with E-state index in [4.69, 9.17) is 14.2 Å². The van der Waals surface area contributed by atoms with Gasteiger partial charge in [-0.2, -0.15) is 0 Å². The zero-order valence-electron chi connectivity index (χ0n) is 17.4. The van der Waals surface area contributed by atoms with Crippen molar-refractivity contribution in [1.82, 2.24) is 9.80 Å². The second kappa shape index (κ2) is 8.91. The van der Waals surface area contributed by atoms with E-state index in [9.17, 15) is 19.5 Å². The second-order valence-electron chi connectivity index (χ2n) is 8.46. The van der Waals surface area contributed by atoms with Gasteiger partial charge in [0.2, 0.25) is 0 Å². The number of morpholine rings is 1. The van der Waals surface area contributed by atoms with Gasteiger partial charge < -0.3 is 24.2 Å². The van der Waals surface area contributed by atoms with E-state index < -0.39 is 35.8 Å². The number of rotatable bonds is 3. The van der Waals surface area contributed by atoms with E-state index in [1.807, 2.05) is 30.3 Å². The Bertz CT molecular complexity index is 777. The number of likely N-dealkylation sites (tertiary alicyclic amines) is 1. The predicted octanol–water partition coefficient (Wildman–Crippen LogP) is 2.49. The molecule has 0 saturated carbocycles. The average molecular weight is 420 g/mol. The highest BCUT2D eigenvalue weighted by Crippen LogP contribution is 2.28. The molecule has 2 saturated heterocycles. The second-order valence-corrected chi connectivity index (χ2v) is 8.46. The van der Waals surface area contributed by atoms with Gasteiger partial charge in [0.1, 0.15) is 12.2 Å². The summed E-state index contributed by atoms with van der Waals surface area (Å²) in [6.07, 6.45) is -1.14. The van der Waals surface area contributed by atoms with Gasteiger partial charge in [-0.1, -0.05) is 30.3 Å². The lowest BCUT2D eigenvalue weighted by Gasteiger charge is -2.48. The van der Waals surface area contributed by atoms with Crippen LogP contribution in [0.25, 0.3) is 0 Å². The Balaban J connectivity index is 1.71. The summed E-state index contributed by atoms with van der Waals surface area (Å²) in [4.78, 5) is 39.8. The largest absolute Gasteiger partial charge is 0.480 e. The summed E-state index contributed by atoms with van der Waals surface area (Å²) in [6.45, 7) is 5.67. The molecule has 2 heterocycles. The van der Waals surface area contributed by atoms with Crippen molar-refractivity contribution >= 4 is 18.2 Å². The Morgan fingerprint density at radius 3 is 2.50 bits per heavy atom. The molecule has 3 atom stereocenters. The Labute approximate surface area is 175 Å². The third-order valence-corrected chi connectivity index (χ3v) is 5.03. The maximum Gasteiger partial charge on any atom is 0.411 e. The van der Waals surface area contributed by atoms with Crippen LogP contribution in [-0.2, 0) is 25.6 Å². The first kappa shape index (κ1) is 21.9. The van der Waals surface area contributed by atoms with E-state index in [1.54, 1.807) is 20.8 Å².